The van der Waals surface area contributed by atoms with Gasteiger partial charge in [-0.1, -0.05) is 72.8 Å². The van der Waals surface area contributed by atoms with Gasteiger partial charge in [0, 0.05) is 73.7 Å². The molecule has 1 fully saturated rings. The van der Waals surface area contributed by atoms with E-state index in [1.165, 1.54) is 16.7 Å². The van der Waals surface area contributed by atoms with Gasteiger partial charge in [-0.2, -0.15) is 0 Å². The van der Waals surface area contributed by atoms with Gasteiger partial charge in [-0.05, 0) is 47.9 Å². The van der Waals surface area contributed by atoms with Crippen LogP contribution < -0.4 is 25.6 Å². The number of para-hydroxylation sites is 1. The number of anilines is 1. The first kappa shape index (κ1) is 32.8. The van der Waals surface area contributed by atoms with Crippen molar-refractivity contribution in [3.63, 3.8) is 0 Å². The van der Waals surface area contributed by atoms with Crippen molar-refractivity contribution in [1.29, 1.82) is 0 Å². The van der Waals surface area contributed by atoms with Crippen LogP contribution >= 0.6 is 0 Å². The highest BCUT2D eigenvalue weighted by molar-refractivity contribution is 5.84. The molecule has 1 atom stereocenters. The summed E-state index contributed by atoms with van der Waals surface area (Å²) in [5.74, 6) is 1.13. The van der Waals surface area contributed by atoms with Crippen molar-refractivity contribution in [2.45, 2.75) is 19.5 Å². The fourth-order valence-electron chi connectivity index (χ4n) is 6.37. The largest absolute Gasteiger partial charge is 0.481 e. The van der Waals surface area contributed by atoms with Crippen LogP contribution in [0.15, 0.2) is 109 Å². The number of nitrogens with zero attached hydrogens (tertiary/aromatic N) is 5. The van der Waals surface area contributed by atoms with Gasteiger partial charge >= 0.3 is 0 Å². The van der Waals surface area contributed by atoms with Gasteiger partial charge in [0.05, 0.1) is 24.0 Å². The van der Waals surface area contributed by atoms with E-state index in [-0.39, 0.29) is 11.9 Å². The number of rotatable bonds is 11. The van der Waals surface area contributed by atoms with Crippen LogP contribution in [0, 0.1) is 6.92 Å². The first-order valence-corrected chi connectivity index (χ1v) is 16.9. The molecule has 10 heteroatoms. The molecule has 1 amide bonds. The Morgan fingerprint density at radius 1 is 0.880 bits per heavy atom. The Morgan fingerprint density at radius 2 is 1.72 bits per heavy atom. The Labute approximate surface area is 292 Å². The SMILES string of the molecule is COc1nc(-c2cccc(-c3ccccc3)c2C)ccc1CNCCNC(=O)C1CN(c2nccc(-c3cnc4ccccc4c3)n2)CCN1. The maximum absolute atomic E-state index is 13.1. The van der Waals surface area contributed by atoms with Crippen LogP contribution in [0.2, 0.25) is 0 Å². The number of nitrogens with one attached hydrogen (secondary N) is 3. The van der Waals surface area contributed by atoms with Gasteiger partial charge in [-0.3, -0.25) is 9.78 Å². The summed E-state index contributed by atoms with van der Waals surface area (Å²) in [4.78, 5) is 34.0. The lowest BCUT2D eigenvalue weighted by Gasteiger charge is -2.33. The molecular formula is C40H40N8O2. The molecule has 0 bridgehead atoms. The van der Waals surface area contributed by atoms with Gasteiger partial charge < -0.3 is 25.6 Å². The summed E-state index contributed by atoms with van der Waals surface area (Å²) in [6.07, 6.45) is 3.60. The van der Waals surface area contributed by atoms with E-state index >= 15 is 0 Å². The summed E-state index contributed by atoms with van der Waals surface area (Å²) in [6, 6.07) is 32.4. The van der Waals surface area contributed by atoms with E-state index in [0.717, 1.165) is 39.0 Å². The number of carbonyl (C=O) groups is 1. The number of amides is 1. The monoisotopic (exact) mass is 664 g/mol. The van der Waals surface area contributed by atoms with E-state index in [0.29, 0.717) is 51.1 Å². The van der Waals surface area contributed by atoms with Crippen LogP contribution in [-0.2, 0) is 11.3 Å². The molecule has 7 rings (SSSR count). The molecule has 0 spiro atoms. The Kier molecular flexibility index (Phi) is 10.00. The zero-order valence-electron chi connectivity index (χ0n) is 28.3. The smallest absolute Gasteiger partial charge is 0.239 e. The number of methoxy groups -OCH3 is 1. The Balaban J connectivity index is 0.917. The highest BCUT2D eigenvalue weighted by atomic mass is 16.5. The first-order chi connectivity index (χ1) is 24.6. The highest BCUT2D eigenvalue weighted by Crippen LogP contribution is 2.32. The van der Waals surface area contributed by atoms with Crippen molar-refractivity contribution >= 4 is 22.8 Å². The third kappa shape index (κ3) is 7.31. The predicted octanol–water partition coefficient (Wildman–Crippen LogP) is 5.42. The quantitative estimate of drug-likeness (QED) is 0.156. The number of fused-ring (bicyclic) bond motifs is 1. The number of aromatic nitrogens is 4. The van der Waals surface area contributed by atoms with Crippen LogP contribution in [-0.4, -0.2) is 71.7 Å². The van der Waals surface area contributed by atoms with Crippen molar-refractivity contribution in [3.8, 4) is 39.5 Å². The molecule has 3 aromatic heterocycles. The first-order valence-electron chi connectivity index (χ1n) is 16.9. The number of ether oxygens (including phenoxy) is 1. The van der Waals surface area contributed by atoms with Gasteiger partial charge in [-0.25, -0.2) is 15.0 Å². The molecule has 4 heterocycles. The summed E-state index contributed by atoms with van der Waals surface area (Å²) in [6.45, 7) is 5.60. The van der Waals surface area contributed by atoms with Crippen LogP contribution in [0.4, 0.5) is 5.95 Å². The molecule has 1 unspecified atom stereocenters. The standard InChI is InChI=1S/C40H40N8O2/c1-27-32(28-9-4-3-5-10-28)12-8-13-33(27)36-16-15-30(39(46-36)50-2)24-41-19-20-43-38(49)37-26-48(22-21-42-37)40-44-18-17-35(47-40)31-23-29-11-6-7-14-34(29)45-25-31/h3-18,23,25,37,41-42H,19-22,24,26H2,1-2H3,(H,43,49). The maximum Gasteiger partial charge on any atom is 0.239 e. The molecule has 0 aliphatic carbocycles. The summed E-state index contributed by atoms with van der Waals surface area (Å²) < 4.78 is 5.69. The molecule has 252 valence electrons. The summed E-state index contributed by atoms with van der Waals surface area (Å²) >= 11 is 0. The van der Waals surface area contributed by atoms with Crippen molar-refractivity contribution in [2.24, 2.45) is 0 Å². The normalized spacial score (nSPS) is 14.4. The predicted molar refractivity (Wildman–Crippen MR) is 198 cm³/mol. The van der Waals surface area contributed by atoms with E-state index in [1.54, 1.807) is 13.3 Å². The van der Waals surface area contributed by atoms with Crippen LogP contribution in [0.5, 0.6) is 5.88 Å². The Hall–Kier alpha value is -5.71. The second-order valence-corrected chi connectivity index (χ2v) is 12.3. The van der Waals surface area contributed by atoms with Crippen molar-refractivity contribution in [3.05, 3.63) is 121 Å². The van der Waals surface area contributed by atoms with E-state index in [9.17, 15) is 4.79 Å². The van der Waals surface area contributed by atoms with Crippen LogP contribution in [0.3, 0.4) is 0 Å². The fraction of sp³-hybridized carbons (Fsp3) is 0.225. The Morgan fingerprint density at radius 3 is 2.60 bits per heavy atom. The third-order valence-electron chi connectivity index (χ3n) is 9.05. The second-order valence-electron chi connectivity index (χ2n) is 12.3. The maximum atomic E-state index is 13.1. The van der Waals surface area contributed by atoms with Crippen molar-refractivity contribution < 1.29 is 9.53 Å². The minimum absolute atomic E-state index is 0.0527. The molecule has 50 heavy (non-hydrogen) atoms. The lowest BCUT2D eigenvalue weighted by molar-refractivity contribution is -0.123. The molecule has 0 saturated carbocycles. The van der Waals surface area contributed by atoms with Crippen molar-refractivity contribution in [1.82, 2.24) is 35.9 Å². The number of carbonyl (C=O) groups excluding carboxylic acids is 1. The van der Waals surface area contributed by atoms with Gasteiger partial charge in [-0.15, -0.1) is 0 Å². The molecule has 6 aromatic rings. The molecule has 3 aromatic carbocycles. The zero-order valence-corrected chi connectivity index (χ0v) is 28.3. The number of hydrogen-bond donors (Lipinski definition) is 3. The molecule has 1 saturated heterocycles. The molecule has 3 N–H and O–H groups in total. The van der Waals surface area contributed by atoms with Gasteiger partial charge in [0.25, 0.3) is 0 Å². The van der Waals surface area contributed by atoms with Crippen molar-refractivity contribution in [2.75, 3.05) is 44.7 Å². The molecule has 10 nitrogen and oxygen atoms in total. The topological polar surface area (TPSA) is 117 Å². The van der Waals surface area contributed by atoms with Gasteiger partial charge in [0.2, 0.25) is 17.7 Å². The zero-order chi connectivity index (χ0) is 34.3. The minimum atomic E-state index is -0.376. The molecule has 1 aliphatic heterocycles. The number of benzene rings is 3. The molecule has 1 aliphatic rings. The highest BCUT2D eigenvalue weighted by Gasteiger charge is 2.26. The van der Waals surface area contributed by atoms with Crippen LogP contribution in [0.25, 0.3) is 44.5 Å². The summed E-state index contributed by atoms with van der Waals surface area (Å²) in [5, 5.41) is 10.9. The molecular weight excluding hydrogens is 624 g/mol. The number of hydrogen-bond acceptors (Lipinski definition) is 9. The van der Waals surface area contributed by atoms with Gasteiger partial charge in [0.15, 0.2) is 0 Å². The average molecular weight is 665 g/mol. The number of pyridine rings is 2. The van der Waals surface area contributed by atoms with E-state index < -0.39 is 0 Å². The van der Waals surface area contributed by atoms with E-state index in [4.69, 9.17) is 14.7 Å². The molecule has 0 radical (unpaired) electrons. The van der Waals surface area contributed by atoms with E-state index in [1.807, 2.05) is 48.7 Å². The lowest BCUT2D eigenvalue weighted by Crippen LogP contribution is -2.58. The number of piperazine rings is 1. The minimum Gasteiger partial charge on any atom is -0.481 e. The fourth-order valence-corrected chi connectivity index (χ4v) is 6.37. The average Bonchev–Trinajstić information content (AvgIpc) is 3.18. The van der Waals surface area contributed by atoms with E-state index in [2.05, 4.69) is 92.3 Å². The Bertz CT molecular complexity index is 2110. The third-order valence-corrected chi connectivity index (χ3v) is 9.05. The van der Waals surface area contributed by atoms with Crippen LogP contribution in [0.1, 0.15) is 11.1 Å². The van der Waals surface area contributed by atoms with Gasteiger partial charge in [0.1, 0.15) is 6.04 Å². The lowest BCUT2D eigenvalue weighted by atomic mass is 9.94. The summed E-state index contributed by atoms with van der Waals surface area (Å²) in [5.41, 5.74) is 9.09. The second kappa shape index (κ2) is 15.2. The summed E-state index contributed by atoms with van der Waals surface area (Å²) in [7, 11) is 1.64.